The summed E-state index contributed by atoms with van der Waals surface area (Å²) in [6.45, 7) is 2.98. The SMILES string of the molecule is CCC(CC)(Oc1ccc(O)cc1)[P+](=S)N(C)N=Cc1ccc(O)cc1. The van der Waals surface area contributed by atoms with Crippen molar-refractivity contribution in [3.05, 3.63) is 54.1 Å². The Morgan fingerprint density at radius 1 is 1.04 bits per heavy atom. The molecule has 0 saturated heterocycles. The highest BCUT2D eigenvalue weighted by molar-refractivity contribution is 8.04. The minimum atomic E-state index is -1.14. The van der Waals surface area contributed by atoms with Gasteiger partial charge in [-0.3, -0.25) is 0 Å². The fraction of sp³-hybridized carbons (Fsp3) is 0.316. The van der Waals surface area contributed by atoms with Gasteiger partial charge in [0.25, 0.3) is 5.34 Å². The van der Waals surface area contributed by atoms with E-state index in [0.29, 0.717) is 5.75 Å². The molecule has 0 spiro atoms. The highest BCUT2D eigenvalue weighted by Crippen LogP contribution is 2.48. The lowest BCUT2D eigenvalue weighted by Gasteiger charge is -2.26. The second-order valence-electron chi connectivity index (χ2n) is 5.85. The van der Waals surface area contributed by atoms with E-state index in [-0.39, 0.29) is 11.5 Å². The van der Waals surface area contributed by atoms with Crippen molar-refractivity contribution in [1.82, 2.24) is 4.78 Å². The summed E-state index contributed by atoms with van der Waals surface area (Å²) in [5, 5.41) is 22.7. The summed E-state index contributed by atoms with van der Waals surface area (Å²) in [5.41, 5.74) is 0.881. The molecule has 26 heavy (non-hydrogen) atoms. The van der Waals surface area contributed by atoms with E-state index < -0.39 is 12.2 Å². The summed E-state index contributed by atoms with van der Waals surface area (Å²) in [5.74, 6) is 1.10. The molecule has 2 aromatic carbocycles. The molecule has 2 N–H and O–H groups in total. The van der Waals surface area contributed by atoms with Gasteiger partial charge >= 0.3 is 6.85 Å². The first-order valence-corrected chi connectivity index (χ1v) is 10.7. The Morgan fingerprint density at radius 2 is 1.54 bits per heavy atom. The van der Waals surface area contributed by atoms with Crippen molar-refractivity contribution in [3.63, 3.8) is 0 Å². The van der Waals surface area contributed by atoms with E-state index in [4.69, 9.17) is 16.5 Å². The lowest BCUT2D eigenvalue weighted by Crippen LogP contribution is -2.33. The normalized spacial score (nSPS) is 12.2. The molecule has 2 aromatic rings. The van der Waals surface area contributed by atoms with Crippen LogP contribution in [0.15, 0.2) is 53.6 Å². The first-order chi connectivity index (χ1) is 12.4. The number of phenols is 2. The molecule has 0 saturated carbocycles. The van der Waals surface area contributed by atoms with Crippen molar-refractivity contribution < 1.29 is 14.9 Å². The summed E-state index contributed by atoms with van der Waals surface area (Å²) >= 11 is 5.82. The topological polar surface area (TPSA) is 65.3 Å². The van der Waals surface area contributed by atoms with E-state index in [9.17, 15) is 10.2 Å². The third kappa shape index (κ3) is 4.93. The molecule has 1 atom stereocenters. The van der Waals surface area contributed by atoms with Crippen LogP contribution in [0.5, 0.6) is 17.2 Å². The number of hydrogen-bond donors (Lipinski definition) is 2. The van der Waals surface area contributed by atoms with E-state index in [0.717, 1.165) is 18.4 Å². The molecule has 7 heteroatoms. The summed E-state index contributed by atoms with van der Waals surface area (Å²) < 4.78 is 8.05. The Labute approximate surface area is 160 Å². The summed E-state index contributed by atoms with van der Waals surface area (Å²) in [7, 11) is 1.86. The first kappa shape index (κ1) is 20.1. The quantitative estimate of drug-likeness (QED) is 0.384. The number of ether oxygens (including phenoxy) is 1. The number of aromatic hydroxyl groups is 2. The molecule has 0 radical (unpaired) electrons. The largest absolute Gasteiger partial charge is 0.508 e. The highest BCUT2D eigenvalue weighted by Gasteiger charge is 2.48. The third-order valence-corrected chi connectivity index (χ3v) is 7.89. The van der Waals surface area contributed by atoms with Crippen LogP contribution in [0, 0.1) is 0 Å². The van der Waals surface area contributed by atoms with E-state index >= 15 is 0 Å². The molecule has 0 amide bonds. The average molecular weight is 391 g/mol. The minimum absolute atomic E-state index is 0.201. The van der Waals surface area contributed by atoms with Gasteiger partial charge < -0.3 is 14.9 Å². The van der Waals surface area contributed by atoms with Gasteiger partial charge in [-0.15, -0.1) is 9.88 Å². The lowest BCUT2D eigenvalue weighted by atomic mass is 10.2. The lowest BCUT2D eigenvalue weighted by molar-refractivity contribution is 0.146. The molecule has 0 aliphatic carbocycles. The Balaban J connectivity index is 2.17. The first-order valence-electron chi connectivity index (χ1n) is 8.42. The van der Waals surface area contributed by atoms with E-state index in [1.54, 1.807) is 59.5 Å². The third-order valence-electron chi connectivity index (χ3n) is 4.13. The van der Waals surface area contributed by atoms with Gasteiger partial charge in [-0.2, -0.15) is 0 Å². The van der Waals surface area contributed by atoms with Gasteiger partial charge in [0.1, 0.15) is 17.2 Å². The van der Waals surface area contributed by atoms with Crippen molar-refractivity contribution in [1.29, 1.82) is 0 Å². The molecule has 0 aromatic heterocycles. The zero-order valence-corrected chi connectivity index (χ0v) is 16.9. The average Bonchev–Trinajstić information content (AvgIpc) is 2.66. The van der Waals surface area contributed by atoms with Crippen LogP contribution in [0.4, 0.5) is 0 Å². The van der Waals surface area contributed by atoms with Crippen LogP contribution >= 0.6 is 6.85 Å². The van der Waals surface area contributed by atoms with Crippen LogP contribution in [-0.4, -0.2) is 33.6 Å². The zero-order chi connectivity index (χ0) is 19.2. The van der Waals surface area contributed by atoms with E-state index in [1.165, 1.54) is 0 Å². The molecule has 0 heterocycles. The van der Waals surface area contributed by atoms with Crippen LogP contribution in [0.25, 0.3) is 0 Å². The van der Waals surface area contributed by atoms with Gasteiger partial charge in [-0.1, -0.05) is 13.8 Å². The number of benzene rings is 2. The standard InChI is InChI=1S/C19H23N2O3PS/c1-4-19(5-2,24-18-12-10-17(23)11-13-18)25(26)21(3)20-14-15-6-8-16(22)9-7-15/h6-14H,4-5H2,1-3H3,(H-,20,22,23)/p+1. The maximum atomic E-state index is 9.45. The maximum absolute atomic E-state index is 9.45. The Hall–Kier alpha value is -2.17. The maximum Gasteiger partial charge on any atom is 0.358 e. The van der Waals surface area contributed by atoms with Gasteiger partial charge in [0.2, 0.25) is 0 Å². The van der Waals surface area contributed by atoms with Crippen molar-refractivity contribution in [3.8, 4) is 17.2 Å². The molecule has 2 rings (SSSR count). The second-order valence-corrected chi connectivity index (χ2v) is 8.83. The summed E-state index contributed by atoms with van der Waals surface area (Å²) in [6.07, 6.45) is 3.22. The van der Waals surface area contributed by atoms with Crippen LogP contribution in [-0.2, 0) is 11.8 Å². The predicted molar refractivity (Wildman–Crippen MR) is 110 cm³/mol. The molecule has 0 aliphatic rings. The fourth-order valence-corrected chi connectivity index (χ4v) is 4.87. The van der Waals surface area contributed by atoms with Crippen molar-refractivity contribution >= 4 is 24.9 Å². The smallest absolute Gasteiger partial charge is 0.358 e. The van der Waals surface area contributed by atoms with Crippen LogP contribution in [0.3, 0.4) is 0 Å². The Bertz CT molecular complexity index is 759. The van der Waals surface area contributed by atoms with E-state index in [1.807, 2.05) is 7.05 Å². The zero-order valence-electron chi connectivity index (χ0n) is 15.2. The molecule has 0 fully saturated rings. The highest BCUT2D eigenvalue weighted by atomic mass is 32.4. The monoisotopic (exact) mass is 391 g/mol. The number of phenolic OH excluding ortho intramolecular Hbond substituents is 2. The molecule has 0 bridgehead atoms. The Kier molecular flexibility index (Phi) is 6.95. The Morgan fingerprint density at radius 3 is 2.04 bits per heavy atom. The van der Waals surface area contributed by atoms with Gasteiger partial charge in [-0.05, 0) is 54.1 Å². The molecule has 1 unspecified atom stereocenters. The molecular formula is C19H24N2O3PS+. The van der Waals surface area contributed by atoms with Crippen LogP contribution in [0.1, 0.15) is 32.3 Å². The summed E-state index contributed by atoms with van der Waals surface area (Å²) in [6, 6.07) is 13.5. The predicted octanol–water partition coefficient (Wildman–Crippen LogP) is 4.82. The molecule has 5 nitrogen and oxygen atoms in total. The van der Waals surface area contributed by atoms with Crippen molar-refractivity contribution in [2.45, 2.75) is 32.0 Å². The number of hydrazone groups is 1. The van der Waals surface area contributed by atoms with Crippen LogP contribution < -0.4 is 4.74 Å². The minimum Gasteiger partial charge on any atom is -0.508 e. The van der Waals surface area contributed by atoms with Crippen LogP contribution in [0.2, 0.25) is 0 Å². The molecule has 0 aliphatic heterocycles. The van der Waals surface area contributed by atoms with Gasteiger partial charge in [-0.25, -0.2) is 0 Å². The number of nitrogens with zero attached hydrogens (tertiary/aromatic N) is 2. The molecule has 138 valence electrons. The summed E-state index contributed by atoms with van der Waals surface area (Å²) in [4.78, 5) is 0. The fourth-order valence-electron chi connectivity index (χ4n) is 2.46. The van der Waals surface area contributed by atoms with Gasteiger partial charge in [0, 0.05) is 12.8 Å². The van der Waals surface area contributed by atoms with E-state index in [2.05, 4.69) is 18.9 Å². The van der Waals surface area contributed by atoms with Gasteiger partial charge in [0.05, 0.1) is 13.3 Å². The van der Waals surface area contributed by atoms with Crippen molar-refractivity contribution in [2.24, 2.45) is 5.10 Å². The second kappa shape index (κ2) is 8.97. The van der Waals surface area contributed by atoms with Gasteiger partial charge in [0.15, 0.2) is 11.8 Å². The van der Waals surface area contributed by atoms with Crippen molar-refractivity contribution in [2.75, 3.05) is 7.05 Å². The number of hydrogen-bond acceptors (Lipinski definition) is 5. The number of rotatable bonds is 8. The molecular weight excluding hydrogens is 367 g/mol.